The number of nitrogens with one attached hydrogen (secondary N) is 1. The minimum Gasteiger partial charge on any atom is -0.494 e. The van der Waals surface area contributed by atoms with E-state index in [9.17, 15) is 4.79 Å². The number of aryl methyl sites for hydroxylation is 1. The van der Waals surface area contributed by atoms with Crippen molar-refractivity contribution in [3.8, 4) is 5.75 Å². The Morgan fingerprint density at radius 2 is 2.07 bits per heavy atom. The summed E-state index contributed by atoms with van der Waals surface area (Å²) in [6.07, 6.45) is 6.13. The minimum atomic E-state index is 0.0840. The first-order valence-electron chi connectivity index (χ1n) is 10.4. The van der Waals surface area contributed by atoms with Crippen LogP contribution in [-0.2, 0) is 24.2 Å². The number of carbonyl (C=O) groups excluding carboxylic acids is 1. The van der Waals surface area contributed by atoms with Crippen molar-refractivity contribution in [2.75, 3.05) is 44.0 Å². The van der Waals surface area contributed by atoms with Crippen molar-refractivity contribution in [1.29, 1.82) is 0 Å². The van der Waals surface area contributed by atoms with E-state index in [0.717, 1.165) is 68.3 Å². The Morgan fingerprint density at radius 1 is 1.17 bits per heavy atom. The Morgan fingerprint density at radius 3 is 2.93 bits per heavy atom. The third-order valence-electron chi connectivity index (χ3n) is 5.60. The highest BCUT2D eigenvalue weighted by Crippen LogP contribution is 2.27. The zero-order valence-electron chi connectivity index (χ0n) is 17.3. The molecule has 0 fully saturated rings. The molecule has 3 heterocycles. The van der Waals surface area contributed by atoms with Crippen molar-refractivity contribution in [3.05, 3.63) is 41.3 Å². The fourth-order valence-corrected chi connectivity index (χ4v) is 4.04. The molecule has 4 rings (SSSR count). The molecule has 2 aliphatic heterocycles. The molecule has 0 atom stereocenters. The van der Waals surface area contributed by atoms with Crippen LogP contribution < -0.4 is 15.0 Å². The largest absolute Gasteiger partial charge is 0.494 e. The van der Waals surface area contributed by atoms with Crippen molar-refractivity contribution < 1.29 is 9.53 Å². The Hall–Kier alpha value is -2.67. The van der Waals surface area contributed by atoms with E-state index in [2.05, 4.69) is 31.2 Å². The number of ether oxygens (including phenoxy) is 1. The van der Waals surface area contributed by atoms with Gasteiger partial charge in [0.05, 0.1) is 12.3 Å². The van der Waals surface area contributed by atoms with E-state index < -0.39 is 0 Å². The first kappa shape index (κ1) is 19.6. The van der Waals surface area contributed by atoms with E-state index in [1.807, 2.05) is 26.2 Å². The molecule has 0 saturated carbocycles. The number of nitrogens with zero attached hydrogens (tertiary/aromatic N) is 4. The van der Waals surface area contributed by atoms with E-state index in [1.54, 1.807) is 6.33 Å². The molecule has 0 saturated heterocycles. The zero-order valence-corrected chi connectivity index (χ0v) is 17.3. The fourth-order valence-electron chi connectivity index (χ4n) is 4.04. The summed E-state index contributed by atoms with van der Waals surface area (Å²) in [6.45, 7) is 3.67. The Labute approximate surface area is 172 Å². The number of rotatable bonds is 7. The third kappa shape index (κ3) is 4.67. The Balaban J connectivity index is 1.21. The molecular formula is C22H29N5O2. The highest BCUT2D eigenvalue weighted by Gasteiger charge is 2.21. The molecule has 0 aliphatic carbocycles. The van der Waals surface area contributed by atoms with E-state index in [-0.39, 0.29) is 5.91 Å². The number of benzene rings is 1. The van der Waals surface area contributed by atoms with Crippen LogP contribution in [0.2, 0.25) is 0 Å². The van der Waals surface area contributed by atoms with Crippen molar-refractivity contribution in [2.45, 2.75) is 38.6 Å². The van der Waals surface area contributed by atoms with Crippen LogP contribution in [0.25, 0.3) is 0 Å². The number of hydrogen-bond donors (Lipinski definition) is 1. The fraction of sp³-hybridized carbons (Fsp3) is 0.500. The lowest BCUT2D eigenvalue weighted by Gasteiger charge is -2.29. The van der Waals surface area contributed by atoms with Gasteiger partial charge in [0, 0.05) is 50.9 Å². The standard InChI is InChI=1S/C22H29N5O2/c1-26(2)22-18-9-11-27(14-20(18)23-15-24-22)10-3-4-12-29-17-7-5-16-6-8-21(28)25-19(16)13-17/h5,7,13,15H,3-4,6,8-12,14H2,1-2H3,(H,25,28). The van der Waals surface area contributed by atoms with Crippen LogP contribution in [-0.4, -0.2) is 54.6 Å². The maximum Gasteiger partial charge on any atom is 0.224 e. The molecule has 1 aromatic heterocycles. The predicted octanol–water partition coefficient (Wildman–Crippen LogP) is 2.64. The molecule has 1 amide bonds. The van der Waals surface area contributed by atoms with Gasteiger partial charge in [-0.15, -0.1) is 0 Å². The van der Waals surface area contributed by atoms with Gasteiger partial charge in [-0.3, -0.25) is 9.69 Å². The molecule has 0 radical (unpaired) electrons. The Kier molecular flexibility index (Phi) is 5.94. The summed E-state index contributed by atoms with van der Waals surface area (Å²) in [5, 5.41) is 2.92. The average Bonchev–Trinajstić information content (AvgIpc) is 2.72. The topological polar surface area (TPSA) is 70.6 Å². The third-order valence-corrected chi connectivity index (χ3v) is 5.60. The average molecular weight is 396 g/mol. The number of unbranched alkanes of at least 4 members (excludes halogenated alkanes) is 1. The number of anilines is 2. The lowest BCUT2D eigenvalue weighted by Crippen LogP contribution is -2.33. The van der Waals surface area contributed by atoms with Gasteiger partial charge in [-0.05, 0) is 43.9 Å². The molecule has 154 valence electrons. The van der Waals surface area contributed by atoms with Crippen molar-refractivity contribution in [3.63, 3.8) is 0 Å². The van der Waals surface area contributed by atoms with Gasteiger partial charge in [-0.1, -0.05) is 6.07 Å². The summed E-state index contributed by atoms with van der Waals surface area (Å²) < 4.78 is 5.90. The second kappa shape index (κ2) is 8.78. The van der Waals surface area contributed by atoms with Gasteiger partial charge < -0.3 is 15.0 Å². The number of aromatic nitrogens is 2. The second-order valence-corrected chi connectivity index (χ2v) is 7.97. The van der Waals surface area contributed by atoms with Gasteiger partial charge in [0.15, 0.2) is 0 Å². The van der Waals surface area contributed by atoms with E-state index in [0.29, 0.717) is 13.0 Å². The van der Waals surface area contributed by atoms with Gasteiger partial charge in [-0.25, -0.2) is 9.97 Å². The van der Waals surface area contributed by atoms with Gasteiger partial charge in [0.25, 0.3) is 0 Å². The number of fused-ring (bicyclic) bond motifs is 2. The second-order valence-electron chi connectivity index (χ2n) is 7.97. The molecule has 7 nitrogen and oxygen atoms in total. The molecule has 29 heavy (non-hydrogen) atoms. The molecule has 1 aromatic carbocycles. The summed E-state index contributed by atoms with van der Waals surface area (Å²) in [6, 6.07) is 6.00. The van der Waals surface area contributed by atoms with Crippen molar-refractivity contribution in [2.24, 2.45) is 0 Å². The normalized spacial score (nSPS) is 16.0. The van der Waals surface area contributed by atoms with Crippen LogP contribution >= 0.6 is 0 Å². The van der Waals surface area contributed by atoms with Crippen LogP contribution in [0.3, 0.4) is 0 Å². The molecule has 2 aliphatic rings. The maximum absolute atomic E-state index is 11.5. The molecule has 0 bridgehead atoms. The number of carbonyl (C=O) groups is 1. The van der Waals surface area contributed by atoms with Gasteiger partial charge in [0.2, 0.25) is 5.91 Å². The molecular weight excluding hydrogens is 366 g/mol. The van der Waals surface area contributed by atoms with Crippen molar-refractivity contribution >= 4 is 17.4 Å². The van der Waals surface area contributed by atoms with E-state index in [1.165, 1.54) is 11.1 Å². The zero-order chi connectivity index (χ0) is 20.2. The van der Waals surface area contributed by atoms with Crippen LogP contribution in [0.4, 0.5) is 11.5 Å². The monoisotopic (exact) mass is 395 g/mol. The summed E-state index contributed by atoms with van der Waals surface area (Å²) in [5.41, 5.74) is 4.52. The van der Waals surface area contributed by atoms with Crippen LogP contribution in [0.1, 0.15) is 36.1 Å². The van der Waals surface area contributed by atoms with E-state index in [4.69, 9.17) is 4.74 Å². The van der Waals surface area contributed by atoms with Crippen LogP contribution in [0.5, 0.6) is 5.75 Å². The van der Waals surface area contributed by atoms with E-state index >= 15 is 0 Å². The summed E-state index contributed by atoms with van der Waals surface area (Å²) in [4.78, 5) is 25.0. The first-order chi connectivity index (χ1) is 14.1. The summed E-state index contributed by atoms with van der Waals surface area (Å²) >= 11 is 0. The molecule has 1 N–H and O–H groups in total. The van der Waals surface area contributed by atoms with Crippen LogP contribution in [0.15, 0.2) is 24.5 Å². The lowest BCUT2D eigenvalue weighted by atomic mass is 10.0. The SMILES string of the molecule is CN(C)c1ncnc2c1CCN(CCCCOc1ccc3c(c1)NC(=O)CC3)C2. The van der Waals surface area contributed by atoms with Crippen molar-refractivity contribution in [1.82, 2.24) is 14.9 Å². The lowest BCUT2D eigenvalue weighted by molar-refractivity contribution is -0.116. The molecule has 2 aromatic rings. The minimum absolute atomic E-state index is 0.0840. The van der Waals surface area contributed by atoms with Gasteiger partial charge in [0.1, 0.15) is 17.9 Å². The molecule has 0 unspecified atom stereocenters. The number of amides is 1. The smallest absolute Gasteiger partial charge is 0.224 e. The molecule has 7 heteroatoms. The quantitative estimate of drug-likeness (QED) is 0.727. The van der Waals surface area contributed by atoms with Gasteiger partial charge in [-0.2, -0.15) is 0 Å². The highest BCUT2D eigenvalue weighted by molar-refractivity contribution is 5.94. The number of hydrogen-bond acceptors (Lipinski definition) is 6. The summed E-state index contributed by atoms with van der Waals surface area (Å²) in [7, 11) is 4.07. The van der Waals surface area contributed by atoms with Gasteiger partial charge >= 0.3 is 0 Å². The summed E-state index contributed by atoms with van der Waals surface area (Å²) in [5.74, 6) is 1.95. The van der Waals surface area contributed by atoms with Crippen LogP contribution in [0, 0.1) is 0 Å². The molecule has 0 spiro atoms. The maximum atomic E-state index is 11.5. The predicted molar refractivity (Wildman–Crippen MR) is 113 cm³/mol. The highest BCUT2D eigenvalue weighted by atomic mass is 16.5. The Bertz CT molecular complexity index is 884. The first-order valence-corrected chi connectivity index (χ1v) is 10.4.